The minimum absolute atomic E-state index is 0.0623. The van der Waals surface area contributed by atoms with Crippen LogP contribution in [0.4, 0.5) is 0 Å². The third-order valence-electron chi connectivity index (χ3n) is 4.97. The van der Waals surface area contributed by atoms with Crippen LogP contribution in [0.25, 0.3) is 0 Å². The molecule has 2 unspecified atom stereocenters. The van der Waals surface area contributed by atoms with Crippen molar-refractivity contribution in [3.05, 3.63) is 40.4 Å². The molecule has 0 radical (unpaired) electrons. The maximum absolute atomic E-state index is 11.1. The van der Waals surface area contributed by atoms with Crippen LogP contribution in [0.3, 0.4) is 0 Å². The van der Waals surface area contributed by atoms with E-state index in [0.717, 1.165) is 63.5 Å². The van der Waals surface area contributed by atoms with Gasteiger partial charge in [0.15, 0.2) is 0 Å². The van der Waals surface area contributed by atoms with E-state index in [2.05, 4.69) is 0 Å². The van der Waals surface area contributed by atoms with Crippen molar-refractivity contribution in [3.8, 4) is 5.75 Å². The zero-order valence-electron chi connectivity index (χ0n) is 14.7. The second kappa shape index (κ2) is 11.1. The van der Waals surface area contributed by atoms with Gasteiger partial charge >= 0.3 is 0 Å². The quantitative estimate of drug-likeness (QED) is 0.521. The highest BCUT2D eigenvalue weighted by Crippen LogP contribution is 2.22. The smallest absolute Gasteiger partial charge is 0.213 e. The van der Waals surface area contributed by atoms with Gasteiger partial charge in [0, 0.05) is 17.8 Å². The van der Waals surface area contributed by atoms with Crippen molar-refractivity contribution >= 4 is 0 Å². The summed E-state index contributed by atoms with van der Waals surface area (Å²) in [6.45, 7) is 0. The Kier molecular flexibility index (Phi) is 8.64. The van der Waals surface area contributed by atoms with Gasteiger partial charge in [-0.15, -0.1) is 0 Å². The highest BCUT2D eigenvalue weighted by molar-refractivity contribution is 5.21. The predicted molar refractivity (Wildman–Crippen MR) is 97.0 cm³/mol. The summed E-state index contributed by atoms with van der Waals surface area (Å²) in [5.41, 5.74) is 0. The Hall–Kier alpha value is -1.58. The molecule has 0 saturated heterocycles. The molecule has 0 N–H and O–H groups in total. The molecule has 2 atom stereocenters. The van der Waals surface area contributed by atoms with Crippen LogP contribution < -0.4 is 4.74 Å². The molecule has 0 aromatic heterocycles. The first kappa shape index (κ1) is 18.8. The van der Waals surface area contributed by atoms with E-state index in [9.17, 15) is 10.1 Å². The molecular formula is C20H31NO3. The first-order chi connectivity index (χ1) is 11.8. The molecule has 0 heterocycles. The average molecular weight is 333 g/mol. The molecule has 1 aliphatic carbocycles. The third-order valence-corrected chi connectivity index (χ3v) is 4.97. The van der Waals surface area contributed by atoms with Gasteiger partial charge in [-0.25, -0.2) is 0 Å². The summed E-state index contributed by atoms with van der Waals surface area (Å²) in [6, 6.07) is 9.74. The molecule has 0 aliphatic heterocycles. The van der Waals surface area contributed by atoms with Crippen LogP contribution in [-0.4, -0.2) is 17.1 Å². The number of para-hydroxylation sites is 1. The fourth-order valence-electron chi connectivity index (χ4n) is 3.52. The first-order valence-corrected chi connectivity index (χ1v) is 9.61. The van der Waals surface area contributed by atoms with Crippen LogP contribution in [-0.2, 0) is 0 Å². The van der Waals surface area contributed by atoms with Gasteiger partial charge in [-0.3, -0.25) is 10.1 Å². The van der Waals surface area contributed by atoms with Crippen molar-refractivity contribution < 1.29 is 9.66 Å². The van der Waals surface area contributed by atoms with E-state index in [1.807, 2.05) is 30.3 Å². The molecule has 2 rings (SSSR count). The van der Waals surface area contributed by atoms with E-state index in [0.29, 0.717) is 0 Å². The van der Waals surface area contributed by atoms with Crippen molar-refractivity contribution in [1.82, 2.24) is 0 Å². The van der Waals surface area contributed by atoms with Crippen molar-refractivity contribution in [1.29, 1.82) is 0 Å². The number of benzene rings is 1. The van der Waals surface area contributed by atoms with Gasteiger partial charge in [-0.2, -0.15) is 0 Å². The summed E-state index contributed by atoms with van der Waals surface area (Å²) in [6.07, 6.45) is 12.8. The lowest BCUT2D eigenvalue weighted by Crippen LogP contribution is -2.20. The normalized spacial score (nSPS) is 24.7. The summed E-state index contributed by atoms with van der Waals surface area (Å²) in [5, 5.41) is 11.1. The predicted octanol–water partition coefficient (Wildman–Crippen LogP) is 5.77. The highest BCUT2D eigenvalue weighted by atomic mass is 16.6. The molecule has 24 heavy (non-hydrogen) atoms. The standard InChI is InChI=1S/C20H31NO3/c22-21(23)18-12-6-2-1-3-8-14-19(15-9-4-7-13-18)24-20-16-10-5-11-17-20/h5,10-11,16-19H,1-4,6-9,12-15H2. The minimum Gasteiger partial charge on any atom is -0.490 e. The first-order valence-electron chi connectivity index (χ1n) is 9.61. The number of nitro groups is 1. The molecule has 4 nitrogen and oxygen atoms in total. The maximum atomic E-state index is 11.1. The Bertz CT molecular complexity index is 463. The number of rotatable bonds is 3. The van der Waals surface area contributed by atoms with Crippen LogP contribution in [0.5, 0.6) is 5.75 Å². The second-order valence-corrected chi connectivity index (χ2v) is 6.98. The topological polar surface area (TPSA) is 52.4 Å². The van der Waals surface area contributed by atoms with Gasteiger partial charge in [0.25, 0.3) is 0 Å². The summed E-state index contributed by atoms with van der Waals surface area (Å²) in [4.78, 5) is 11.1. The lowest BCUT2D eigenvalue weighted by atomic mass is 9.97. The van der Waals surface area contributed by atoms with E-state index in [-0.39, 0.29) is 17.1 Å². The monoisotopic (exact) mass is 333 g/mol. The lowest BCUT2D eigenvalue weighted by molar-refractivity contribution is -0.524. The van der Waals surface area contributed by atoms with E-state index in [4.69, 9.17) is 4.74 Å². The third kappa shape index (κ3) is 7.33. The van der Waals surface area contributed by atoms with Crippen LogP contribution in [0, 0.1) is 10.1 Å². The van der Waals surface area contributed by atoms with E-state index in [1.54, 1.807) is 0 Å². The molecular weight excluding hydrogens is 302 g/mol. The fraction of sp³-hybridized carbons (Fsp3) is 0.700. The molecule has 0 amide bonds. The molecule has 1 saturated carbocycles. The molecule has 1 aliphatic rings. The van der Waals surface area contributed by atoms with Gasteiger partial charge in [0.1, 0.15) is 5.75 Å². The van der Waals surface area contributed by atoms with Crippen LogP contribution in [0.15, 0.2) is 30.3 Å². The highest BCUT2D eigenvalue weighted by Gasteiger charge is 2.19. The van der Waals surface area contributed by atoms with Crippen LogP contribution in [0.1, 0.15) is 77.0 Å². The fourth-order valence-corrected chi connectivity index (χ4v) is 3.52. The largest absolute Gasteiger partial charge is 0.490 e. The van der Waals surface area contributed by atoms with Crippen molar-refractivity contribution in [2.75, 3.05) is 0 Å². The Morgan fingerprint density at radius 1 is 0.792 bits per heavy atom. The summed E-state index contributed by atoms with van der Waals surface area (Å²) in [5.74, 6) is 0.956. The van der Waals surface area contributed by atoms with Crippen LogP contribution >= 0.6 is 0 Å². The van der Waals surface area contributed by atoms with Gasteiger partial charge in [0.2, 0.25) is 6.04 Å². The minimum atomic E-state index is -0.329. The number of ether oxygens (including phenoxy) is 1. The van der Waals surface area contributed by atoms with Gasteiger partial charge in [-0.05, 0) is 50.7 Å². The Morgan fingerprint density at radius 3 is 1.88 bits per heavy atom. The lowest BCUT2D eigenvalue weighted by Gasteiger charge is -2.20. The van der Waals surface area contributed by atoms with Crippen LogP contribution in [0.2, 0.25) is 0 Å². The van der Waals surface area contributed by atoms with E-state index < -0.39 is 0 Å². The van der Waals surface area contributed by atoms with Crippen molar-refractivity contribution in [2.45, 2.75) is 89.2 Å². The van der Waals surface area contributed by atoms with Gasteiger partial charge in [0.05, 0.1) is 6.10 Å². The van der Waals surface area contributed by atoms with Crippen molar-refractivity contribution in [2.24, 2.45) is 0 Å². The SMILES string of the molecule is O=[N+]([O-])C1CCCCCCCC(Oc2ccccc2)CCCCC1. The Morgan fingerprint density at radius 2 is 1.29 bits per heavy atom. The Labute approximate surface area is 145 Å². The number of nitrogens with zero attached hydrogens (tertiary/aromatic N) is 1. The second-order valence-electron chi connectivity index (χ2n) is 6.98. The molecule has 0 bridgehead atoms. The maximum Gasteiger partial charge on any atom is 0.213 e. The molecule has 1 aromatic carbocycles. The zero-order chi connectivity index (χ0) is 17.0. The summed E-state index contributed by atoms with van der Waals surface area (Å²) < 4.78 is 6.17. The molecule has 1 fully saturated rings. The number of hydrogen-bond acceptors (Lipinski definition) is 3. The number of hydrogen-bond donors (Lipinski definition) is 0. The average Bonchev–Trinajstić information content (AvgIpc) is 2.58. The molecule has 1 aromatic rings. The zero-order valence-corrected chi connectivity index (χ0v) is 14.7. The van der Waals surface area contributed by atoms with Crippen molar-refractivity contribution in [3.63, 3.8) is 0 Å². The molecule has 134 valence electrons. The Balaban J connectivity index is 1.83. The van der Waals surface area contributed by atoms with E-state index in [1.165, 1.54) is 19.3 Å². The van der Waals surface area contributed by atoms with Gasteiger partial charge < -0.3 is 4.74 Å². The summed E-state index contributed by atoms with van der Waals surface area (Å²) >= 11 is 0. The summed E-state index contributed by atoms with van der Waals surface area (Å²) in [7, 11) is 0. The van der Waals surface area contributed by atoms with E-state index >= 15 is 0 Å². The van der Waals surface area contributed by atoms with Gasteiger partial charge in [-0.1, -0.05) is 43.9 Å². The molecule has 4 heteroatoms. The molecule has 0 spiro atoms.